The van der Waals surface area contributed by atoms with Gasteiger partial charge in [0, 0.05) is 12.5 Å². The van der Waals surface area contributed by atoms with Gasteiger partial charge in [-0.2, -0.15) is 0 Å². The van der Waals surface area contributed by atoms with E-state index in [9.17, 15) is 4.79 Å². The number of nitrogens with zero attached hydrogens (tertiary/aromatic N) is 2. The molecule has 1 saturated heterocycles. The third-order valence-corrected chi connectivity index (χ3v) is 5.25. The van der Waals surface area contributed by atoms with Crippen LogP contribution in [0.3, 0.4) is 0 Å². The summed E-state index contributed by atoms with van der Waals surface area (Å²) < 4.78 is 5.68. The van der Waals surface area contributed by atoms with E-state index < -0.39 is 0 Å². The van der Waals surface area contributed by atoms with E-state index in [1.54, 1.807) is 4.90 Å². The Hall–Kier alpha value is -2.80. The number of benzene rings is 2. The van der Waals surface area contributed by atoms with Crippen molar-refractivity contribution in [2.45, 2.75) is 24.8 Å². The van der Waals surface area contributed by atoms with Crippen LogP contribution in [0.1, 0.15) is 29.9 Å². The zero-order chi connectivity index (χ0) is 17.2. The SMILES string of the molecule is [C-]#[N+]C[C@@H]1CCCN1C(=O)OCC1c2ccccc2-c2ccccc21. The number of ether oxygens (including phenoxy) is 1. The Morgan fingerprint density at radius 3 is 2.40 bits per heavy atom. The van der Waals surface area contributed by atoms with Crippen LogP contribution >= 0.6 is 0 Å². The molecule has 2 aliphatic rings. The average Bonchev–Trinajstić information content (AvgIpc) is 3.23. The molecule has 0 spiro atoms. The van der Waals surface area contributed by atoms with Gasteiger partial charge in [-0.3, -0.25) is 4.90 Å². The van der Waals surface area contributed by atoms with Gasteiger partial charge in [0.2, 0.25) is 6.54 Å². The molecule has 2 aromatic carbocycles. The Kier molecular flexibility index (Phi) is 4.15. The van der Waals surface area contributed by atoms with E-state index in [0.29, 0.717) is 19.7 Å². The first-order valence-corrected chi connectivity index (χ1v) is 8.74. The predicted octanol–water partition coefficient (Wildman–Crippen LogP) is 4.32. The number of carbonyl (C=O) groups excluding carboxylic acids is 1. The van der Waals surface area contributed by atoms with Crippen LogP contribution in [-0.4, -0.2) is 36.7 Å². The number of hydrogen-bond acceptors (Lipinski definition) is 2. The van der Waals surface area contributed by atoms with Crippen molar-refractivity contribution in [3.63, 3.8) is 0 Å². The van der Waals surface area contributed by atoms with Gasteiger partial charge in [0.1, 0.15) is 12.6 Å². The summed E-state index contributed by atoms with van der Waals surface area (Å²) in [5.74, 6) is 0.0817. The van der Waals surface area contributed by atoms with Crippen molar-refractivity contribution in [2.24, 2.45) is 0 Å². The quantitative estimate of drug-likeness (QED) is 0.785. The van der Waals surface area contributed by atoms with Crippen molar-refractivity contribution >= 4 is 6.09 Å². The molecule has 1 heterocycles. The van der Waals surface area contributed by atoms with Gasteiger partial charge in [-0.05, 0) is 35.1 Å². The Morgan fingerprint density at radius 2 is 1.76 bits per heavy atom. The number of amides is 1. The third-order valence-electron chi connectivity index (χ3n) is 5.25. The molecule has 4 nitrogen and oxygen atoms in total. The molecule has 0 bridgehead atoms. The van der Waals surface area contributed by atoms with Gasteiger partial charge in [-0.15, -0.1) is 0 Å². The summed E-state index contributed by atoms with van der Waals surface area (Å²) >= 11 is 0. The highest BCUT2D eigenvalue weighted by Crippen LogP contribution is 2.44. The first-order valence-electron chi connectivity index (χ1n) is 8.74. The molecule has 4 heteroatoms. The monoisotopic (exact) mass is 332 g/mol. The first kappa shape index (κ1) is 15.7. The van der Waals surface area contributed by atoms with E-state index >= 15 is 0 Å². The molecule has 0 N–H and O–H groups in total. The van der Waals surface area contributed by atoms with Crippen LogP contribution in [0, 0.1) is 6.57 Å². The molecule has 2 aromatic rings. The highest BCUT2D eigenvalue weighted by Gasteiger charge is 2.34. The normalized spacial score (nSPS) is 18.5. The standard InChI is InChI=1S/C21H20N2O2/c1-22-13-15-7-6-12-23(15)21(24)25-14-20-18-10-4-2-8-16(18)17-9-3-5-11-19(17)20/h2-5,8-11,15,20H,6-7,12-14H2/t15-/m0/s1. The lowest BCUT2D eigenvalue weighted by Gasteiger charge is -2.22. The molecule has 1 atom stereocenters. The minimum absolute atomic E-state index is 0.00755. The van der Waals surface area contributed by atoms with E-state index in [0.717, 1.165) is 12.8 Å². The number of carbonyl (C=O) groups is 1. The molecule has 1 amide bonds. The van der Waals surface area contributed by atoms with Crippen molar-refractivity contribution in [1.82, 2.24) is 4.90 Å². The van der Waals surface area contributed by atoms with E-state index in [2.05, 4.69) is 29.1 Å². The smallest absolute Gasteiger partial charge is 0.410 e. The summed E-state index contributed by atoms with van der Waals surface area (Å²) in [6.07, 6.45) is 1.56. The first-order chi connectivity index (χ1) is 12.3. The van der Waals surface area contributed by atoms with E-state index in [4.69, 9.17) is 11.3 Å². The van der Waals surface area contributed by atoms with Crippen LogP contribution in [-0.2, 0) is 4.74 Å². The number of hydrogen-bond donors (Lipinski definition) is 0. The highest BCUT2D eigenvalue weighted by atomic mass is 16.6. The second-order valence-electron chi connectivity index (χ2n) is 6.63. The Labute approximate surface area is 147 Å². The largest absolute Gasteiger partial charge is 0.448 e. The van der Waals surface area contributed by atoms with Crippen LogP contribution in [0.15, 0.2) is 48.5 Å². The van der Waals surface area contributed by atoms with Crippen molar-refractivity contribution in [3.05, 3.63) is 71.1 Å². The van der Waals surface area contributed by atoms with Gasteiger partial charge >= 0.3 is 6.09 Å². The van der Waals surface area contributed by atoms with Crippen molar-refractivity contribution in [1.29, 1.82) is 0 Å². The number of likely N-dealkylation sites (tertiary alicyclic amines) is 1. The average molecular weight is 332 g/mol. The second-order valence-corrected chi connectivity index (χ2v) is 6.63. The predicted molar refractivity (Wildman–Crippen MR) is 96.3 cm³/mol. The van der Waals surface area contributed by atoms with Crippen LogP contribution in [0.2, 0.25) is 0 Å². The van der Waals surface area contributed by atoms with Crippen molar-refractivity contribution in [2.75, 3.05) is 19.7 Å². The maximum Gasteiger partial charge on any atom is 0.410 e. The van der Waals surface area contributed by atoms with Crippen LogP contribution < -0.4 is 0 Å². The molecule has 0 unspecified atom stereocenters. The van der Waals surface area contributed by atoms with Crippen molar-refractivity contribution in [3.8, 4) is 11.1 Å². The summed E-state index contributed by atoms with van der Waals surface area (Å²) in [5, 5.41) is 0. The van der Waals surface area contributed by atoms with Crippen LogP contribution in [0.4, 0.5) is 4.79 Å². The molecular formula is C21H20N2O2. The maximum atomic E-state index is 12.5. The van der Waals surface area contributed by atoms with Gasteiger partial charge in [0.05, 0.1) is 0 Å². The maximum absolute atomic E-state index is 12.5. The third kappa shape index (κ3) is 2.76. The van der Waals surface area contributed by atoms with E-state index in [-0.39, 0.29) is 18.1 Å². The van der Waals surface area contributed by atoms with E-state index in [1.165, 1.54) is 22.3 Å². The van der Waals surface area contributed by atoms with Gasteiger partial charge in [0.25, 0.3) is 0 Å². The fraction of sp³-hybridized carbons (Fsp3) is 0.333. The lowest BCUT2D eigenvalue weighted by molar-refractivity contribution is 0.0976. The minimum atomic E-state index is -0.284. The summed E-state index contributed by atoms with van der Waals surface area (Å²) in [5.41, 5.74) is 4.89. The van der Waals surface area contributed by atoms with Gasteiger partial charge in [-0.25, -0.2) is 11.4 Å². The second kappa shape index (κ2) is 6.60. The van der Waals surface area contributed by atoms with Crippen LogP contribution in [0.5, 0.6) is 0 Å². The molecule has 0 radical (unpaired) electrons. The highest BCUT2D eigenvalue weighted by molar-refractivity contribution is 5.79. The summed E-state index contributed by atoms with van der Waals surface area (Å²) in [4.78, 5) is 17.7. The molecular weight excluding hydrogens is 312 g/mol. The molecule has 0 saturated carbocycles. The molecule has 126 valence electrons. The molecule has 0 aromatic heterocycles. The fourth-order valence-electron chi connectivity index (χ4n) is 4.05. The van der Waals surface area contributed by atoms with Crippen molar-refractivity contribution < 1.29 is 9.53 Å². The zero-order valence-electron chi connectivity index (χ0n) is 14.0. The fourth-order valence-corrected chi connectivity index (χ4v) is 4.05. The molecule has 1 aliphatic carbocycles. The summed E-state index contributed by atoms with van der Waals surface area (Å²) in [6, 6.07) is 16.7. The number of fused-ring (bicyclic) bond motifs is 3. The topological polar surface area (TPSA) is 33.9 Å². The van der Waals surface area contributed by atoms with Gasteiger partial charge in [0.15, 0.2) is 0 Å². The molecule has 1 fully saturated rings. The van der Waals surface area contributed by atoms with Crippen LogP contribution in [0.25, 0.3) is 16.0 Å². The number of rotatable bonds is 3. The van der Waals surface area contributed by atoms with E-state index in [1.807, 2.05) is 24.3 Å². The lowest BCUT2D eigenvalue weighted by Crippen LogP contribution is -2.38. The Bertz CT molecular complexity index is 794. The molecule has 4 rings (SSSR count). The minimum Gasteiger partial charge on any atom is -0.448 e. The lowest BCUT2D eigenvalue weighted by atomic mass is 9.98. The zero-order valence-corrected chi connectivity index (χ0v) is 14.0. The molecule has 1 aliphatic heterocycles. The Balaban J connectivity index is 1.52. The summed E-state index contributed by atoms with van der Waals surface area (Å²) in [7, 11) is 0. The Morgan fingerprint density at radius 1 is 1.12 bits per heavy atom. The summed E-state index contributed by atoms with van der Waals surface area (Å²) in [6.45, 7) is 8.44. The van der Waals surface area contributed by atoms with Gasteiger partial charge < -0.3 is 9.58 Å². The van der Waals surface area contributed by atoms with Gasteiger partial charge in [-0.1, -0.05) is 48.5 Å². The molecule has 25 heavy (non-hydrogen) atoms.